The van der Waals surface area contributed by atoms with E-state index in [-0.39, 0.29) is 0 Å². The molecular weight excluding hydrogens is 691 g/mol. The van der Waals surface area contributed by atoms with E-state index in [1.54, 1.807) is 0 Å². The molecule has 0 aromatic heterocycles. The van der Waals surface area contributed by atoms with Crippen LogP contribution in [0.1, 0.15) is 38.5 Å². The molecule has 0 aromatic rings. The molecule has 0 heterocycles. The number of hydrogen-bond acceptors (Lipinski definition) is 11. The molecule has 0 bridgehead atoms. The second-order valence-corrected chi connectivity index (χ2v) is 17.8. The Morgan fingerprint density at radius 1 is 0.571 bits per heavy atom. The molecule has 0 rings (SSSR count). The minimum atomic E-state index is -6.17. The molecular formula is C14H26O23P5+. The van der Waals surface area contributed by atoms with Crippen molar-refractivity contribution in [2.45, 2.75) is 60.5 Å². The van der Waals surface area contributed by atoms with Crippen LogP contribution in [0.15, 0.2) is 0 Å². The van der Waals surface area contributed by atoms with Gasteiger partial charge < -0.3 is 59.6 Å². The van der Waals surface area contributed by atoms with Crippen LogP contribution in [0.5, 0.6) is 0 Å². The minimum Gasteiger partial charge on any atom is -0.481 e. The lowest BCUT2D eigenvalue weighted by Gasteiger charge is -2.35. The summed E-state index contributed by atoms with van der Waals surface area (Å²) in [6.07, 6.45) is -15.7. The smallest absolute Gasteiger partial charge is 0.481 e. The van der Waals surface area contributed by atoms with E-state index in [0.29, 0.717) is 0 Å². The summed E-state index contributed by atoms with van der Waals surface area (Å²) in [6.45, 7) is 0. The van der Waals surface area contributed by atoms with Gasteiger partial charge in [0.2, 0.25) is 12.2 Å². The summed E-state index contributed by atoms with van der Waals surface area (Å²) in [5.74, 6) is -8.46. The quantitative estimate of drug-likeness (QED) is 0.0685. The van der Waals surface area contributed by atoms with E-state index < -0.39 is 123 Å². The standard InChI is InChI=1S/C14H25O23P5/c15-9(16)1-3-13(39(24,25)26,40(27,28)29)5-7(11(19)20)36-38(23)37-8(12(21)22)6-14(41(30,31)32,42(33,34)35)4-2-10(17)18/h7-8H,1-6H2,(H11-,15,16,17,18,19,20,21,22,24,25,26,27,28,29,30,31,32,33,34,35)/p+1. The molecule has 0 radical (unpaired) electrons. The zero-order valence-electron chi connectivity index (χ0n) is 20.5. The average Bonchev–Trinajstić information content (AvgIpc) is 2.73. The van der Waals surface area contributed by atoms with Crippen LogP contribution in [-0.4, -0.2) is 105 Å². The minimum absolute atomic E-state index is 1.35. The van der Waals surface area contributed by atoms with Crippen LogP contribution in [0.25, 0.3) is 0 Å². The highest BCUT2D eigenvalue weighted by molar-refractivity contribution is 7.73. The first-order valence-electron chi connectivity index (χ1n) is 10.5. The number of rotatable bonds is 20. The Labute approximate surface area is 234 Å². The normalized spacial score (nSPS) is 15.5. The summed E-state index contributed by atoms with van der Waals surface area (Å²) in [6, 6.07) is 0. The van der Waals surface area contributed by atoms with Gasteiger partial charge in [-0.15, -0.1) is 9.05 Å². The van der Waals surface area contributed by atoms with Gasteiger partial charge in [0.05, 0.1) is 0 Å². The summed E-state index contributed by atoms with van der Waals surface area (Å²) >= 11 is 0. The van der Waals surface area contributed by atoms with E-state index in [4.69, 9.17) is 10.2 Å². The summed E-state index contributed by atoms with van der Waals surface area (Å²) in [4.78, 5) is 115. The van der Waals surface area contributed by atoms with Gasteiger partial charge in [0.25, 0.3) is 0 Å². The SMILES string of the molecule is O=C(O)CCC(CC(O[P+](=O)OC(CC(CCC(=O)O)(P(=O)(O)O)P(=O)(O)O)C(=O)O)C(=O)O)(P(=O)(O)O)P(=O)(O)O. The molecule has 0 aliphatic carbocycles. The van der Waals surface area contributed by atoms with Gasteiger partial charge in [-0.05, 0) is 12.8 Å². The van der Waals surface area contributed by atoms with Gasteiger partial charge in [0, 0.05) is 30.2 Å². The highest BCUT2D eigenvalue weighted by Gasteiger charge is 2.64. The van der Waals surface area contributed by atoms with Crippen molar-refractivity contribution >= 4 is 62.5 Å². The Balaban J connectivity index is 6.56. The number of carboxylic acid groups (broad SMARTS) is 4. The molecule has 2 unspecified atom stereocenters. The molecule has 2 atom stereocenters. The highest BCUT2D eigenvalue weighted by Crippen LogP contribution is 2.74. The Morgan fingerprint density at radius 2 is 0.810 bits per heavy atom. The first-order chi connectivity index (χ1) is 18.5. The van der Waals surface area contributed by atoms with Crippen molar-refractivity contribution in [1.29, 1.82) is 0 Å². The summed E-state index contributed by atoms with van der Waals surface area (Å²) in [5.41, 5.74) is 0. The van der Waals surface area contributed by atoms with Crippen molar-refractivity contribution in [3.05, 3.63) is 0 Å². The van der Waals surface area contributed by atoms with E-state index in [1.807, 2.05) is 0 Å². The van der Waals surface area contributed by atoms with Crippen LogP contribution in [0.3, 0.4) is 0 Å². The molecule has 0 aromatic carbocycles. The second kappa shape index (κ2) is 14.5. The van der Waals surface area contributed by atoms with Crippen molar-refractivity contribution in [2.75, 3.05) is 0 Å². The molecule has 0 spiro atoms. The van der Waals surface area contributed by atoms with Gasteiger partial charge in [-0.2, -0.15) is 0 Å². The molecule has 0 aliphatic rings. The third kappa shape index (κ3) is 10.3. The molecule has 0 saturated heterocycles. The summed E-state index contributed by atoms with van der Waals surface area (Å²) in [7, 11) is -28.9. The number of carboxylic acids is 4. The molecule has 244 valence electrons. The van der Waals surface area contributed by atoms with Crippen LogP contribution >= 0.6 is 38.6 Å². The van der Waals surface area contributed by atoms with Gasteiger partial charge in [0.1, 0.15) is 0 Å². The molecule has 12 N–H and O–H groups in total. The van der Waals surface area contributed by atoms with E-state index >= 15 is 0 Å². The number of carbonyl (C=O) groups is 4. The third-order valence-corrected chi connectivity index (χ3v) is 15.6. The van der Waals surface area contributed by atoms with Crippen LogP contribution in [-0.2, 0) is 51.1 Å². The largest absolute Gasteiger partial charge is 0.699 e. The van der Waals surface area contributed by atoms with Gasteiger partial charge in [0.15, 0.2) is 9.79 Å². The van der Waals surface area contributed by atoms with Crippen LogP contribution in [0, 0.1) is 0 Å². The van der Waals surface area contributed by atoms with Crippen LogP contribution in [0.2, 0.25) is 0 Å². The van der Waals surface area contributed by atoms with Crippen LogP contribution < -0.4 is 0 Å². The first-order valence-corrected chi connectivity index (χ1v) is 18.0. The lowest BCUT2D eigenvalue weighted by molar-refractivity contribution is -0.147. The summed E-state index contributed by atoms with van der Waals surface area (Å²) < 4.78 is 69.3. The zero-order valence-corrected chi connectivity index (χ0v) is 25.0. The predicted octanol–water partition coefficient (Wildman–Crippen LogP) is -0.803. The Kier molecular flexibility index (Phi) is 14.0. The second-order valence-electron chi connectivity index (χ2n) is 8.42. The topological polar surface area (TPSA) is 415 Å². The third-order valence-electron chi connectivity index (χ3n) is 5.65. The first kappa shape index (κ1) is 40.5. The number of hydrogen-bond donors (Lipinski definition) is 12. The van der Waals surface area contributed by atoms with E-state index in [2.05, 4.69) is 9.05 Å². The predicted molar refractivity (Wildman–Crippen MR) is 129 cm³/mol. The molecule has 0 amide bonds. The van der Waals surface area contributed by atoms with E-state index in [9.17, 15) is 91.4 Å². The van der Waals surface area contributed by atoms with Gasteiger partial charge in [-0.25, -0.2) is 9.59 Å². The van der Waals surface area contributed by atoms with Crippen molar-refractivity contribution in [2.24, 2.45) is 0 Å². The van der Waals surface area contributed by atoms with Gasteiger partial charge in [-0.3, -0.25) is 27.8 Å². The monoisotopic (exact) mass is 717 g/mol. The Bertz CT molecular complexity index is 1110. The average molecular weight is 717 g/mol. The van der Waals surface area contributed by atoms with Gasteiger partial charge >= 0.3 is 62.5 Å². The molecule has 0 aliphatic heterocycles. The Hall–Kier alpha value is -1.50. The van der Waals surface area contributed by atoms with Crippen molar-refractivity contribution < 1.29 is 111 Å². The Morgan fingerprint density at radius 3 is 0.976 bits per heavy atom. The lowest BCUT2D eigenvalue weighted by Crippen LogP contribution is -2.39. The lowest BCUT2D eigenvalue weighted by atomic mass is 10.1. The molecule has 28 heteroatoms. The van der Waals surface area contributed by atoms with Crippen molar-refractivity contribution in [1.82, 2.24) is 0 Å². The molecule has 23 nitrogen and oxygen atoms in total. The summed E-state index contributed by atoms with van der Waals surface area (Å²) in [5, 5.41) is 36.3. The van der Waals surface area contributed by atoms with Gasteiger partial charge in [-0.1, -0.05) is 0 Å². The highest BCUT2D eigenvalue weighted by atomic mass is 31.2. The maximum atomic E-state index is 12.4. The fourth-order valence-corrected chi connectivity index (χ4v) is 10.1. The maximum absolute atomic E-state index is 12.4. The molecule has 0 saturated carbocycles. The molecule has 42 heavy (non-hydrogen) atoms. The van der Waals surface area contributed by atoms with E-state index in [1.165, 1.54) is 0 Å². The molecule has 0 fully saturated rings. The fraction of sp³-hybridized carbons (Fsp3) is 0.714. The fourth-order valence-electron chi connectivity index (χ4n) is 3.38. The number of aliphatic carboxylic acids is 4. The zero-order chi connectivity index (χ0) is 33.7. The van der Waals surface area contributed by atoms with Crippen molar-refractivity contribution in [3.63, 3.8) is 0 Å². The maximum Gasteiger partial charge on any atom is 0.699 e. The van der Waals surface area contributed by atoms with E-state index in [0.717, 1.165) is 0 Å². The van der Waals surface area contributed by atoms with Crippen LogP contribution in [0.4, 0.5) is 0 Å². The van der Waals surface area contributed by atoms with Crippen molar-refractivity contribution in [3.8, 4) is 0 Å².